The molecule has 7 nitrogen and oxygen atoms in total. The first kappa shape index (κ1) is 17.6. The second kappa shape index (κ2) is 7.37. The molecule has 0 aromatic carbocycles. The number of amides is 1. The molecular weight excluding hydrogens is 316 g/mol. The van der Waals surface area contributed by atoms with Crippen LogP contribution in [-0.2, 0) is 11.2 Å². The van der Waals surface area contributed by atoms with Crippen molar-refractivity contribution < 1.29 is 4.79 Å². The van der Waals surface area contributed by atoms with E-state index in [1.165, 1.54) is 32.1 Å². The fourth-order valence-corrected chi connectivity index (χ4v) is 3.80. The van der Waals surface area contributed by atoms with Crippen LogP contribution in [0.5, 0.6) is 0 Å². The number of hydrogen-bond acceptors (Lipinski definition) is 5. The number of rotatable bonds is 5. The average Bonchev–Trinajstić information content (AvgIpc) is 2.97. The van der Waals surface area contributed by atoms with Crippen LogP contribution in [0.3, 0.4) is 0 Å². The summed E-state index contributed by atoms with van der Waals surface area (Å²) in [6.45, 7) is 6.86. The van der Waals surface area contributed by atoms with Crippen molar-refractivity contribution in [2.45, 2.75) is 59.3 Å². The fourth-order valence-electron chi connectivity index (χ4n) is 3.80. The van der Waals surface area contributed by atoms with Crippen molar-refractivity contribution in [3.8, 4) is 0 Å². The molecule has 1 aliphatic carbocycles. The maximum Gasteiger partial charge on any atom is 0.254 e. The molecule has 1 aliphatic rings. The van der Waals surface area contributed by atoms with E-state index >= 15 is 0 Å². The zero-order valence-corrected chi connectivity index (χ0v) is 15.4. The van der Waals surface area contributed by atoms with Gasteiger partial charge in [-0.2, -0.15) is 9.50 Å². The van der Waals surface area contributed by atoms with E-state index in [9.17, 15) is 4.79 Å². The lowest BCUT2D eigenvalue weighted by atomic mass is 9.81. The molecule has 0 aliphatic heterocycles. The number of carbonyl (C=O) groups is 1. The van der Waals surface area contributed by atoms with Crippen molar-refractivity contribution >= 4 is 17.6 Å². The van der Waals surface area contributed by atoms with E-state index in [1.807, 2.05) is 13.8 Å². The van der Waals surface area contributed by atoms with Gasteiger partial charge < -0.3 is 11.1 Å². The van der Waals surface area contributed by atoms with E-state index in [0.29, 0.717) is 18.1 Å². The fraction of sp³-hybridized carbons (Fsp3) is 0.667. The minimum atomic E-state index is 0.0399. The van der Waals surface area contributed by atoms with Crippen LogP contribution in [0.4, 0.5) is 5.95 Å². The van der Waals surface area contributed by atoms with Crippen LogP contribution in [0.1, 0.15) is 56.0 Å². The van der Waals surface area contributed by atoms with Crippen molar-refractivity contribution in [2.75, 3.05) is 12.3 Å². The van der Waals surface area contributed by atoms with E-state index in [0.717, 1.165) is 29.4 Å². The monoisotopic (exact) mass is 344 g/mol. The van der Waals surface area contributed by atoms with Gasteiger partial charge in [-0.3, -0.25) is 4.79 Å². The summed E-state index contributed by atoms with van der Waals surface area (Å²) in [7, 11) is 0. The number of aromatic nitrogens is 4. The topological polar surface area (TPSA) is 98.2 Å². The predicted octanol–water partition coefficient (Wildman–Crippen LogP) is 2.20. The summed E-state index contributed by atoms with van der Waals surface area (Å²) < 4.78 is 1.61. The summed E-state index contributed by atoms with van der Waals surface area (Å²) in [6.07, 6.45) is 6.63. The van der Waals surface area contributed by atoms with Gasteiger partial charge in [-0.15, -0.1) is 5.10 Å². The molecule has 2 heterocycles. The molecule has 2 aromatic rings. The molecule has 3 N–H and O–H groups in total. The van der Waals surface area contributed by atoms with Crippen LogP contribution < -0.4 is 11.1 Å². The van der Waals surface area contributed by atoms with Crippen LogP contribution in [0.15, 0.2) is 0 Å². The highest BCUT2D eigenvalue weighted by atomic mass is 16.1. The van der Waals surface area contributed by atoms with Gasteiger partial charge >= 0.3 is 0 Å². The zero-order chi connectivity index (χ0) is 18.0. The molecule has 0 radical (unpaired) electrons. The standard InChI is InChI=1S/C18H28N6O/c1-4-13-5-7-14(8-6-13)10-20-16(25)9-15-11(2)21-18-22-17(19)23-24(18)12(15)3/h13-14H,4-10H2,1-3H3,(H2,19,23)(H,20,25). The molecule has 2 aromatic heterocycles. The van der Waals surface area contributed by atoms with Crippen molar-refractivity contribution in [1.82, 2.24) is 24.9 Å². The molecule has 136 valence electrons. The van der Waals surface area contributed by atoms with E-state index in [-0.39, 0.29) is 11.9 Å². The highest BCUT2D eigenvalue weighted by Gasteiger charge is 2.21. The summed E-state index contributed by atoms with van der Waals surface area (Å²) in [4.78, 5) is 20.9. The third kappa shape index (κ3) is 3.91. The smallest absolute Gasteiger partial charge is 0.254 e. The molecule has 3 rings (SSSR count). The van der Waals surface area contributed by atoms with Crippen LogP contribution in [0, 0.1) is 25.7 Å². The number of carbonyl (C=O) groups excluding carboxylic acids is 1. The normalized spacial score (nSPS) is 20.8. The molecule has 0 saturated heterocycles. The van der Waals surface area contributed by atoms with E-state index in [2.05, 4.69) is 27.3 Å². The summed E-state index contributed by atoms with van der Waals surface area (Å²) in [5.41, 5.74) is 8.21. The molecule has 1 saturated carbocycles. The Morgan fingerprint density at radius 1 is 1.20 bits per heavy atom. The number of aryl methyl sites for hydroxylation is 2. The number of nitrogens with two attached hydrogens (primary N) is 1. The Labute approximate surface area is 148 Å². The highest BCUT2D eigenvalue weighted by Crippen LogP contribution is 2.30. The Morgan fingerprint density at radius 3 is 2.56 bits per heavy atom. The molecule has 0 atom stereocenters. The van der Waals surface area contributed by atoms with Crippen LogP contribution >= 0.6 is 0 Å². The zero-order valence-electron chi connectivity index (χ0n) is 15.4. The molecular formula is C18H28N6O. The van der Waals surface area contributed by atoms with Gasteiger partial charge in [-0.25, -0.2) is 4.98 Å². The van der Waals surface area contributed by atoms with Gasteiger partial charge in [0.25, 0.3) is 5.78 Å². The second-order valence-electron chi connectivity index (χ2n) is 7.22. The number of nitrogens with one attached hydrogen (secondary N) is 1. The minimum Gasteiger partial charge on any atom is -0.366 e. The Morgan fingerprint density at radius 2 is 1.88 bits per heavy atom. The van der Waals surface area contributed by atoms with Gasteiger partial charge in [-0.1, -0.05) is 26.2 Å². The number of anilines is 1. The van der Waals surface area contributed by atoms with Gasteiger partial charge in [-0.05, 0) is 38.5 Å². The molecule has 1 amide bonds. The van der Waals surface area contributed by atoms with E-state index < -0.39 is 0 Å². The lowest BCUT2D eigenvalue weighted by Crippen LogP contribution is -2.32. The predicted molar refractivity (Wildman–Crippen MR) is 97.1 cm³/mol. The molecule has 0 unspecified atom stereocenters. The SMILES string of the molecule is CCC1CCC(CNC(=O)Cc2c(C)nc3nc(N)nn3c2C)CC1. The summed E-state index contributed by atoms with van der Waals surface area (Å²) in [6, 6.07) is 0. The van der Waals surface area contributed by atoms with E-state index in [4.69, 9.17) is 5.73 Å². The molecule has 0 bridgehead atoms. The quantitative estimate of drug-likeness (QED) is 0.866. The lowest BCUT2D eigenvalue weighted by Gasteiger charge is -2.27. The molecule has 25 heavy (non-hydrogen) atoms. The Hall–Kier alpha value is -2.18. The van der Waals surface area contributed by atoms with Crippen molar-refractivity contribution in [3.63, 3.8) is 0 Å². The molecule has 7 heteroatoms. The minimum absolute atomic E-state index is 0.0399. The third-order valence-electron chi connectivity index (χ3n) is 5.53. The first-order valence-corrected chi connectivity index (χ1v) is 9.23. The average molecular weight is 344 g/mol. The van der Waals surface area contributed by atoms with Crippen molar-refractivity contribution in [3.05, 3.63) is 17.0 Å². The number of nitrogen functional groups attached to an aromatic ring is 1. The van der Waals surface area contributed by atoms with Crippen LogP contribution in [-0.4, -0.2) is 32.0 Å². The van der Waals surface area contributed by atoms with E-state index in [1.54, 1.807) is 4.52 Å². The number of fused-ring (bicyclic) bond motifs is 1. The maximum atomic E-state index is 12.4. The number of nitrogens with zero attached hydrogens (tertiary/aromatic N) is 4. The Bertz CT molecular complexity index is 761. The van der Waals surface area contributed by atoms with Gasteiger partial charge in [0.2, 0.25) is 11.9 Å². The molecule has 0 spiro atoms. The number of hydrogen-bond donors (Lipinski definition) is 2. The summed E-state index contributed by atoms with van der Waals surface area (Å²) in [5, 5.41) is 7.25. The van der Waals surface area contributed by atoms with Gasteiger partial charge in [0.15, 0.2) is 0 Å². The van der Waals surface area contributed by atoms with Crippen molar-refractivity contribution in [1.29, 1.82) is 0 Å². The second-order valence-corrected chi connectivity index (χ2v) is 7.22. The summed E-state index contributed by atoms with van der Waals surface area (Å²) in [5.74, 6) is 2.21. The van der Waals surface area contributed by atoms with Crippen molar-refractivity contribution in [2.24, 2.45) is 11.8 Å². The maximum absolute atomic E-state index is 12.4. The van der Waals surface area contributed by atoms with Gasteiger partial charge in [0.1, 0.15) is 0 Å². The van der Waals surface area contributed by atoms with Gasteiger partial charge in [0, 0.05) is 23.5 Å². The van der Waals surface area contributed by atoms with Gasteiger partial charge in [0.05, 0.1) is 6.42 Å². The Balaban J connectivity index is 1.60. The molecule has 1 fully saturated rings. The summed E-state index contributed by atoms with van der Waals surface area (Å²) >= 11 is 0. The van der Waals surface area contributed by atoms with Crippen LogP contribution in [0.2, 0.25) is 0 Å². The largest absolute Gasteiger partial charge is 0.366 e. The van der Waals surface area contributed by atoms with Crippen LogP contribution in [0.25, 0.3) is 5.78 Å². The third-order valence-corrected chi connectivity index (χ3v) is 5.53. The highest BCUT2D eigenvalue weighted by molar-refractivity contribution is 5.79. The Kier molecular flexibility index (Phi) is 5.20. The lowest BCUT2D eigenvalue weighted by molar-refractivity contribution is -0.120. The first-order valence-electron chi connectivity index (χ1n) is 9.23. The first-order chi connectivity index (χ1) is 12.0.